The average molecular weight is 383 g/mol. The number of halogens is 1. The van der Waals surface area contributed by atoms with Crippen molar-refractivity contribution in [2.24, 2.45) is 0 Å². The molecule has 1 aromatic carbocycles. The molecule has 0 aliphatic carbocycles. The molecule has 148 valence electrons. The summed E-state index contributed by atoms with van der Waals surface area (Å²) in [6, 6.07) is 10.6. The van der Waals surface area contributed by atoms with Crippen LogP contribution < -0.4 is 4.90 Å². The number of pyridine rings is 1. The molecule has 5 nitrogen and oxygen atoms in total. The number of carbonyl (C=O) groups is 1. The monoisotopic (exact) mass is 383 g/mol. The summed E-state index contributed by atoms with van der Waals surface area (Å²) in [7, 11) is 2.03. The third-order valence-corrected chi connectivity index (χ3v) is 6.15. The van der Waals surface area contributed by atoms with E-state index in [4.69, 9.17) is 4.74 Å². The molecule has 2 aliphatic rings. The molecule has 2 saturated heterocycles. The Balaban J connectivity index is 1.38. The van der Waals surface area contributed by atoms with Crippen molar-refractivity contribution in [3.05, 3.63) is 59.7 Å². The van der Waals surface area contributed by atoms with Crippen LogP contribution in [0.2, 0.25) is 0 Å². The molecule has 0 N–H and O–H groups in total. The van der Waals surface area contributed by atoms with E-state index in [-0.39, 0.29) is 23.4 Å². The number of nitrogens with zero attached hydrogens (tertiary/aromatic N) is 3. The normalized spacial score (nSPS) is 21.1. The first kappa shape index (κ1) is 18.9. The molecule has 1 spiro atoms. The van der Waals surface area contributed by atoms with Crippen molar-refractivity contribution in [3.8, 4) is 0 Å². The highest BCUT2D eigenvalue weighted by atomic mass is 19.1. The van der Waals surface area contributed by atoms with Gasteiger partial charge in [-0.3, -0.25) is 9.78 Å². The van der Waals surface area contributed by atoms with Crippen LogP contribution in [-0.2, 0) is 4.74 Å². The topological polar surface area (TPSA) is 45.7 Å². The van der Waals surface area contributed by atoms with Crippen LogP contribution in [0.4, 0.5) is 10.1 Å². The van der Waals surface area contributed by atoms with Crippen molar-refractivity contribution in [1.29, 1.82) is 0 Å². The number of hydrogen-bond donors (Lipinski definition) is 0. The van der Waals surface area contributed by atoms with Crippen molar-refractivity contribution in [1.82, 2.24) is 9.88 Å². The number of aryl methyl sites for hydroxylation is 1. The van der Waals surface area contributed by atoms with Gasteiger partial charge in [-0.05, 0) is 62.1 Å². The van der Waals surface area contributed by atoms with Crippen molar-refractivity contribution >= 4 is 11.6 Å². The third kappa shape index (κ3) is 3.61. The van der Waals surface area contributed by atoms with Gasteiger partial charge in [-0.25, -0.2) is 4.39 Å². The average Bonchev–Trinajstić information content (AvgIpc) is 3.12. The second kappa shape index (κ2) is 7.51. The molecule has 2 aromatic rings. The largest absolute Gasteiger partial charge is 0.373 e. The van der Waals surface area contributed by atoms with E-state index in [2.05, 4.69) is 9.88 Å². The second-order valence-corrected chi connectivity index (χ2v) is 7.90. The van der Waals surface area contributed by atoms with Crippen LogP contribution >= 0.6 is 0 Å². The van der Waals surface area contributed by atoms with Gasteiger partial charge in [-0.1, -0.05) is 6.07 Å². The number of piperidine rings is 1. The predicted octanol–water partition coefficient (Wildman–Crippen LogP) is 3.43. The number of rotatable bonds is 3. The first-order valence-electron chi connectivity index (χ1n) is 9.81. The molecular weight excluding hydrogens is 357 g/mol. The number of aromatic nitrogens is 1. The van der Waals surface area contributed by atoms with Crippen molar-refractivity contribution in [2.75, 3.05) is 31.6 Å². The van der Waals surface area contributed by atoms with E-state index in [1.54, 1.807) is 18.3 Å². The van der Waals surface area contributed by atoms with Gasteiger partial charge in [0.1, 0.15) is 11.5 Å². The zero-order valence-electron chi connectivity index (χ0n) is 16.4. The van der Waals surface area contributed by atoms with E-state index in [1.165, 1.54) is 12.1 Å². The molecule has 1 aromatic heterocycles. The smallest absolute Gasteiger partial charge is 0.272 e. The van der Waals surface area contributed by atoms with E-state index < -0.39 is 0 Å². The van der Waals surface area contributed by atoms with Gasteiger partial charge in [-0.15, -0.1) is 0 Å². The maximum Gasteiger partial charge on any atom is 0.272 e. The minimum atomic E-state index is -0.225. The van der Waals surface area contributed by atoms with Gasteiger partial charge in [0.2, 0.25) is 0 Å². The number of likely N-dealkylation sites (N-methyl/N-ethyl adjacent to an activating group) is 1. The number of benzene rings is 1. The van der Waals surface area contributed by atoms with E-state index in [1.807, 2.05) is 31.0 Å². The molecule has 2 aliphatic heterocycles. The first-order chi connectivity index (χ1) is 13.5. The number of carbonyl (C=O) groups excluding carboxylic acids is 1. The first-order valence-corrected chi connectivity index (χ1v) is 9.81. The van der Waals surface area contributed by atoms with E-state index in [0.717, 1.165) is 30.5 Å². The molecule has 0 radical (unpaired) electrons. The maximum atomic E-state index is 13.2. The lowest BCUT2D eigenvalue weighted by Gasteiger charge is -2.39. The Labute approximate surface area is 165 Å². The summed E-state index contributed by atoms with van der Waals surface area (Å²) in [6.45, 7) is 3.94. The molecule has 1 amide bonds. The van der Waals surface area contributed by atoms with Crippen molar-refractivity contribution < 1.29 is 13.9 Å². The Hall–Kier alpha value is -2.47. The molecule has 28 heavy (non-hydrogen) atoms. The zero-order chi connectivity index (χ0) is 19.7. The summed E-state index contributed by atoms with van der Waals surface area (Å²) >= 11 is 0. The minimum Gasteiger partial charge on any atom is -0.373 e. The quantitative estimate of drug-likeness (QED) is 0.815. The molecule has 4 rings (SSSR count). The fraction of sp³-hybridized carbons (Fsp3) is 0.455. The molecule has 1 atom stereocenters. The Kier molecular flexibility index (Phi) is 5.06. The number of hydrogen-bond acceptors (Lipinski definition) is 4. The molecule has 0 bridgehead atoms. The van der Waals surface area contributed by atoms with Crippen LogP contribution in [0.25, 0.3) is 0 Å². The summed E-state index contributed by atoms with van der Waals surface area (Å²) in [5.74, 6) is -0.220. The second-order valence-electron chi connectivity index (χ2n) is 7.90. The number of ether oxygens (including phenoxy) is 1. The highest BCUT2D eigenvalue weighted by Gasteiger charge is 2.44. The fourth-order valence-electron chi connectivity index (χ4n) is 4.28. The van der Waals surface area contributed by atoms with Gasteiger partial charge in [0.25, 0.3) is 5.91 Å². The Morgan fingerprint density at radius 2 is 1.96 bits per heavy atom. The third-order valence-electron chi connectivity index (χ3n) is 6.15. The maximum absolute atomic E-state index is 13.2. The molecule has 0 unspecified atom stereocenters. The lowest BCUT2D eigenvalue weighted by Crippen LogP contribution is -2.47. The Morgan fingerprint density at radius 3 is 2.64 bits per heavy atom. The van der Waals surface area contributed by atoms with Crippen LogP contribution in [0, 0.1) is 12.7 Å². The molecule has 2 fully saturated rings. The molecule has 3 heterocycles. The molecular formula is C22H26FN3O2. The van der Waals surface area contributed by atoms with E-state index in [0.29, 0.717) is 25.4 Å². The lowest BCUT2D eigenvalue weighted by atomic mass is 9.87. The Morgan fingerprint density at radius 1 is 1.25 bits per heavy atom. The molecule has 6 heteroatoms. The lowest BCUT2D eigenvalue weighted by molar-refractivity contribution is -0.0389. The summed E-state index contributed by atoms with van der Waals surface area (Å²) < 4.78 is 19.4. The summed E-state index contributed by atoms with van der Waals surface area (Å²) in [5, 5.41) is 0. The van der Waals surface area contributed by atoms with Gasteiger partial charge < -0.3 is 14.5 Å². The van der Waals surface area contributed by atoms with Gasteiger partial charge in [0, 0.05) is 32.0 Å². The van der Waals surface area contributed by atoms with Gasteiger partial charge in [-0.2, -0.15) is 0 Å². The number of anilines is 1. The SMILES string of the molecule is Cc1cccnc1C(=O)N1CCC2(CC1)C[C@@H](N(C)c1ccc(F)cc1)CO2. The van der Waals surface area contributed by atoms with E-state index in [9.17, 15) is 9.18 Å². The highest BCUT2D eigenvalue weighted by Crippen LogP contribution is 2.38. The molecule has 0 saturated carbocycles. The van der Waals surface area contributed by atoms with Crippen molar-refractivity contribution in [3.63, 3.8) is 0 Å². The van der Waals surface area contributed by atoms with Crippen LogP contribution in [0.5, 0.6) is 0 Å². The van der Waals surface area contributed by atoms with Gasteiger partial charge in [0.05, 0.1) is 18.2 Å². The number of likely N-dealkylation sites (tertiary alicyclic amines) is 1. The Bertz CT molecular complexity index is 847. The minimum absolute atomic E-state index is 0.00549. The summed E-state index contributed by atoms with van der Waals surface area (Å²) in [5.41, 5.74) is 2.27. The van der Waals surface area contributed by atoms with Crippen molar-refractivity contribution in [2.45, 2.75) is 37.8 Å². The predicted molar refractivity (Wildman–Crippen MR) is 106 cm³/mol. The van der Waals surface area contributed by atoms with Crippen LogP contribution in [0.15, 0.2) is 42.6 Å². The fourth-order valence-corrected chi connectivity index (χ4v) is 4.28. The van der Waals surface area contributed by atoms with Crippen LogP contribution in [0.1, 0.15) is 35.3 Å². The van der Waals surface area contributed by atoms with Gasteiger partial charge >= 0.3 is 0 Å². The summed E-state index contributed by atoms with van der Waals surface area (Å²) in [4.78, 5) is 21.1. The standard InChI is InChI=1S/C22H26FN3O2/c1-16-4-3-11-24-20(16)21(27)26-12-9-22(10-13-26)14-19(15-28-22)25(2)18-7-5-17(23)6-8-18/h3-8,11,19H,9-10,12-15H2,1-2H3/t19-/m1/s1. The summed E-state index contributed by atoms with van der Waals surface area (Å²) in [6.07, 6.45) is 4.25. The van der Waals surface area contributed by atoms with Crippen LogP contribution in [0.3, 0.4) is 0 Å². The van der Waals surface area contributed by atoms with E-state index >= 15 is 0 Å². The highest BCUT2D eigenvalue weighted by molar-refractivity contribution is 5.93. The zero-order valence-corrected chi connectivity index (χ0v) is 16.4. The number of amides is 1. The van der Waals surface area contributed by atoms with Crippen LogP contribution in [-0.4, -0.2) is 54.2 Å². The van der Waals surface area contributed by atoms with Gasteiger partial charge in [0.15, 0.2) is 0 Å².